The van der Waals surface area contributed by atoms with Gasteiger partial charge in [0.05, 0.1) is 13.2 Å². The molecule has 2 saturated heterocycles. The summed E-state index contributed by atoms with van der Waals surface area (Å²) in [6, 6.07) is 0. The molecule has 4 unspecified atom stereocenters. The molecule has 0 amide bonds. The maximum atomic E-state index is 9.22. The Balaban J connectivity index is 2.01. The van der Waals surface area contributed by atoms with Crippen molar-refractivity contribution >= 4 is 9.03 Å². The lowest BCUT2D eigenvalue weighted by molar-refractivity contribution is -0.0125. The smallest absolute Gasteiger partial charge is 0.155 e. The van der Waals surface area contributed by atoms with Crippen LogP contribution >= 0.6 is 9.03 Å². The highest BCUT2D eigenvalue weighted by Gasteiger charge is 2.39. The monoisotopic (exact) mass is 164 g/mol. The van der Waals surface area contributed by atoms with Gasteiger partial charge in [-0.05, 0) is 0 Å². The molecule has 0 aromatic rings. The molecule has 2 rings (SSSR count). The third kappa shape index (κ3) is 1.06. The van der Waals surface area contributed by atoms with Gasteiger partial charge in [0.2, 0.25) is 0 Å². The molecule has 4 nitrogen and oxygen atoms in total. The van der Waals surface area contributed by atoms with E-state index in [4.69, 9.17) is 13.8 Å². The van der Waals surface area contributed by atoms with Crippen molar-refractivity contribution in [1.82, 2.24) is 0 Å². The second kappa shape index (κ2) is 2.72. The minimum atomic E-state index is -0.457. The van der Waals surface area contributed by atoms with Gasteiger partial charge in [0.15, 0.2) is 9.03 Å². The first kappa shape index (κ1) is 6.95. The van der Waals surface area contributed by atoms with Crippen molar-refractivity contribution < 1.29 is 18.9 Å². The van der Waals surface area contributed by atoms with Gasteiger partial charge in [-0.2, -0.15) is 0 Å². The maximum absolute atomic E-state index is 9.22. The first-order chi connectivity index (χ1) is 4.88. The molecule has 0 aromatic carbocycles. The Morgan fingerprint density at radius 1 is 1.40 bits per heavy atom. The molecular formula is C5H9O4P. The molecule has 0 spiro atoms. The summed E-state index contributed by atoms with van der Waals surface area (Å²) in [4.78, 5) is 0. The van der Waals surface area contributed by atoms with Gasteiger partial charge in [0.1, 0.15) is 18.3 Å². The van der Waals surface area contributed by atoms with Crippen LogP contribution in [0.2, 0.25) is 0 Å². The number of aliphatic hydroxyl groups excluding tert-OH is 1. The van der Waals surface area contributed by atoms with E-state index in [1.807, 2.05) is 0 Å². The van der Waals surface area contributed by atoms with Crippen molar-refractivity contribution in [2.45, 2.75) is 18.3 Å². The Morgan fingerprint density at radius 3 is 3.10 bits per heavy atom. The number of aliphatic hydroxyl groups is 1. The van der Waals surface area contributed by atoms with Crippen LogP contribution in [0.3, 0.4) is 0 Å². The predicted molar refractivity (Wildman–Crippen MR) is 34.9 cm³/mol. The van der Waals surface area contributed by atoms with Crippen LogP contribution in [-0.4, -0.2) is 36.6 Å². The third-order valence-corrected chi connectivity index (χ3v) is 2.37. The van der Waals surface area contributed by atoms with E-state index in [-0.39, 0.29) is 21.2 Å². The van der Waals surface area contributed by atoms with Crippen molar-refractivity contribution in [3.63, 3.8) is 0 Å². The van der Waals surface area contributed by atoms with Gasteiger partial charge in [-0.3, -0.25) is 0 Å². The zero-order valence-corrected chi connectivity index (χ0v) is 6.32. The molecule has 10 heavy (non-hydrogen) atoms. The Kier molecular flexibility index (Phi) is 1.89. The first-order valence-corrected chi connectivity index (χ1v) is 4.01. The van der Waals surface area contributed by atoms with Crippen LogP contribution in [0.25, 0.3) is 0 Å². The fraction of sp³-hybridized carbons (Fsp3) is 1.00. The standard InChI is InChI=1S/C5H9O4P/c6-3-1-7-4-2-8-10-9-5(3)4/h3-6,10H,1-2H2. The quantitative estimate of drug-likeness (QED) is 0.498. The van der Waals surface area contributed by atoms with Crippen molar-refractivity contribution in [2.24, 2.45) is 0 Å². The molecule has 4 atom stereocenters. The number of hydrogen-bond acceptors (Lipinski definition) is 4. The number of ether oxygens (including phenoxy) is 1. The molecule has 2 aliphatic heterocycles. The highest BCUT2D eigenvalue weighted by Crippen LogP contribution is 2.32. The largest absolute Gasteiger partial charge is 0.388 e. The summed E-state index contributed by atoms with van der Waals surface area (Å²) < 4.78 is 15.3. The number of hydrogen-bond donors (Lipinski definition) is 1. The van der Waals surface area contributed by atoms with Crippen LogP contribution in [0, 0.1) is 0 Å². The summed E-state index contributed by atoms with van der Waals surface area (Å²) in [5, 5.41) is 9.22. The van der Waals surface area contributed by atoms with Crippen LogP contribution in [0.1, 0.15) is 0 Å². The SMILES string of the molecule is OC1COC2COPOC12. The molecule has 0 aliphatic carbocycles. The lowest BCUT2D eigenvalue weighted by Crippen LogP contribution is -2.36. The van der Waals surface area contributed by atoms with Crippen molar-refractivity contribution in [2.75, 3.05) is 13.2 Å². The van der Waals surface area contributed by atoms with Gasteiger partial charge in [0.25, 0.3) is 0 Å². The zero-order valence-electron chi connectivity index (χ0n) is 5.32. The summed E-state index contributed by atoms with van der Waals surface area (Å²) in [7, 11) is 0.0608. The normalized spacial score (nSPS) is 49.5. The Labute approximate surface area is 60.4 Å². The van der Waals surface area contributed by atoms with E-state index in [9.17, 15) is 5.11 Å². The molecule has 58 valence electrons. The van der Waals surface area contributed by atoms with Crippen molar-refractivity contribution in [3.8, 4) is 0 Å². The Hall–Kier alpha value is 0.270. The van der Waals surface area contributed by atoms with Gasteiger partial charge < -0.3 is 18.9 Å². The van der Waals surface area contributed by atoms with Crippen LogP contribution in [0.15, 0.2) is 0 Å². The fourth-order valence-electron chi connectivity index (χ4n) is 1.16. The lowest BCUT2D eigenvalue weighted by atomic mass is 10.2. The molecule has 2 aliphatic rings. The summed E-state index contributed by atoms with van der Waals surface area (Å²) in [5.74, 6) is 0. The van der Waals surface area contributed by atoms with Crippen LogP contribution < -0.4 is 0 Å². The molecule has 0 saturated carbocycles. The zero-order chi connectivity index (χ0) is 6.97. The molecule has 0 aromatic heterocycles. The topological polar surface area (TPSA) is 47.9 Å². The third-order valence-electron chi connectivity index (χ3n) is 1.72. The van der Waals surface area contributed by atoms with E-state index in [0.29, 0.717) is 13.2 Å². The Morgan fingerprint density at radius 2 is 2.30 bits per heavy atom. The molecule has 2 fully saturated rings. The van der Waals surface area contributed by atoms with Crippen LogP contribution in [-0.2, 0) is 13.8 Å². The van der Waals surface area contributed by atoms with E-state index in [0.717, 1.165) is 0 Å². The molecule has 0 radical (unpaired) electrons. The van der Waals surface area contributed by atoms with Crippen LogP contribution in [0.4, 0.5) is 0 Å². The minimum absolute atomic E-state index is 0.0451. The van der Waals surface area contributed by atoms with Gasteiger partial charge in [-0.25, -0.2) is 0 Å². The molecule has 2 heterocycles. The average Bonchev–Trinajstić information content (AvgIpc) is 2.34. The van der Waals surface area contributed by atoms with Crippen LogP contribution in [0.5, 0.6) is 0 Å². The van der Waals surface area contributed by atoms with E-state index in [1.54, 1.807) is 0 Å². The average molecular weight is 164 g/mol. The van der Waals surface area contributed by atoms with Crippen molar-refractivity contribution in [3.05, 3.63) is 0 Å². The number of rotatable bonds is 0. The summed E-state index contributed by atoms with van der Waals surface area (Å²) in [6.07, 6.45) is -0.648. The fourth-order valence-corrected chi connectivity index (χ4v) is 1.88. The van der Waals surface area contributed by atoms with E-state index in [1.165, 1.54) is 0 Å². The lowest BCUT2D eigenvalue weighted by Gasteiger charge is -2.24. The van der Waals surface area contributed by atoms with E-state index < -0.39 is 6.10 Å². The molecule has 1 N–H and O–H groups in total. The van der Waals surface area contributed by atoms with Gasteiger partial charge in [-0.1, -0.05) is 0 Å². The van der Waals surface area contributed by atoms with Gasteiger partial charge >= 0.3 is 0 Å². The van der Waals surface area contributed by atoms with E-state index in [2.05, 4.69) is 0 Å². The summed E-state index contributed by atoms with van der Waals surface area (Å²) in [5.41, 5.74) is 0. The molecule has 0 bridgehead atoms. The molecule has 5 heteroatoms. The highest BCUT2D eigenvalue weighted by atomic mass is 31.1. The molecular weight excluding hydrogens is 155 g/mol. The van der Waals surface area contributed by atoms with E-state index >= 15 is 0 Å². The first-order valence-electron chi connectivity index (χ1n) is 3.20. The van der Waals surface area contributed by atoms with Gasteiger partial charge in [0, 0.05) is 0 Å². The second-order valence-corrected chi connectivity index (χ2v) is 3.11. The van der Waals surface area contributed by atoms with Crippen molar-refractivity contribution in [1.29, 1.82) is 0 Å². The highest BCUT2D eigenvalue weighted by molar-refractivity contribution is 7.26. The maximum Gasteiger partial charge on any atom is 0.155 e. The van der Waals surface area contributed by atoms with Gasteiger partial charge in [-0.15, -0.1) is 0 Å². The number of fused-ring (bicyclic) bond motifs is 1. The minimum Gasteiger partial charge on any atom is -0.388 e. The Bertz CT molecular complexity index is 129. The second-order valence-electron chi connectivity index (χ2n) is 2.42. The predicted octanol–water partition coefficient (Wildman–Crippen LogP) is -0.330. The summed E-state index contributed by atoms with van der Waals surface area (Å²) >= 11 is 0. The summed E-state index contributed by atoms with van der Waals surface area (Å²) in [6.45, 7) is 0.934.